The van der Waals surface area contributed by atoms with Gasteiger partial charge in [0.2, 0.25) is 5.91 Å². The lowest BCUT2D eigenvalue weighted by Crippen LogP contribution is -2.45. The first-order chi connectivity index (χ1) is 29.0. The van der Waals surface area contributed by atoms with Gasteiger partial charge < -0.3 is 20.3 Å². The maximum atomic E-state index is 12.5. The zero-order valence-corrected chi connectivity index (χ0v) is 39.7. The summed E-state index contributed by atoms with van der Waals surface area (Å²) in [5, 5.41) is 23.3. The average molecular weight is 834 g/mol. The van der Waals surface area contributed by atoms with E-state index in [1.54, 1.807) is 0 Å². The number of amides is 1. The van der Waals surface area contributed by atoms with Crippen LogP contribution in [0.3, 0.4) is 0 Å². The third-order valence-corrected chi connectivity index (χ3v) is 12.3. The molecular weight excluding hydrogens is 731 g/mol. The fourth-order valence-corrected chi connectivity index (χ4v) is 8.21. The van der Waals surface area contributed by atoms with Crippen molar-refractivity contribution in [3.05, 3.63) is 12.2 Å². The second kappa shape index (κ2) is 49.3. The third kappa shape index (κ3) is 45.9. The van der Waals surface area contributed by atoms with Gasteiger partial charge in [-0.25, -0.2) is 0 Å². The van der Waals surface area contributed by atoms with E-state index in [0.29, 0.717) is 25.9 Å². The summed E-state index contributed by atoms with van der Waals surface area (Å²) in [6.45, 7) is 4.89. The van der Waals surface area contributed by atoms with Gasteiger partial charge in [0.1, 0.15) is 0 Å². The van der Waals surface area contributed by atoms with Crippen LogP contribution in [0.1, 0.15) is 290 Å². The van der Waals surface area contributed by atoms with Gasteiger partial charge in [-0.15, -0.1) is 0 Å². The molecule has 0 fully saturated rings. The molecule has 0 aromatic carbocycles. The van der Waals surface area contributed by atoms with Gasteiger partial charge in [0.25, 0.3) is 0 Å². The van der Waals surface area contributed by atoms with Gasteiger partial charge in [0, 0.05) is 12.8 Å². The maximum Gasteiger partial charge on any atom is 0.305 e. The molecule has 0 saturated heterocycles. The van der Waals surface area contributed by atoms with E-state index in [-0.39, 0.29) is 18.5 Å². The maximum absolute atomic E-state index is 12.5. The first-order valence-electron chi connectivity index (χ1n) is 26.4. The van der Waals surface area contributed by atoms with Crippen LogP contribution in [-0.4, -0.2) is 47.4 Å². The predicted octanol–water partition coefficient (Wildman–Crippen LogP) is 15.7. The van der Waals surface area contributed by atoms with E-state index in [2.05, 4.69) is 31.3 Å². The molecule has 6 nitrogen and oxygen atoms in total. The van der Waals surface area contributed by atoms with Crippen molar-refractivity contribution in [2.75, 3.05) is 13.2 Å². The third-order valence-electron chi connectivity index (χ3n) is 12.3. The van der Waals surface area contributed by atoms with Crippen LogP contribution in [0.5, 0.6) is 0 Å². The Kier molecular flexibility index (Phi) is 48.1. The van der Waals surface area contributed by atoms with Crippen LogP contribution in [-0.2, 0) is 14.3 Å². The molecule has 0 aromatic heterocycles. The number of allylic oxidation sites excluding steroid dienone is 2. The molecule has 0 aliphatic carbocycles. The van der Waals surface area contributed by atoms with Gasteiger partial charge in [-0.2, -0.15) is 0 Å². The highest BCUT2D eigenvalue weighted by Gasteiger charge is 2.20. The van der Waals surface area contributed by atoms with Crippen molar-refractivity contribution in [3.8, 4) is 0 Å². The molecule has 2 atom stereocenters. The molecule has 0 bridgehead atoms. The zero-order chi connectivity index (χ0) is 43.0. The van der Waals surface area contributed by atoms with Crippen molar-refractivity contribution >= 4 is 11.9 Å². The number of esters is 1. The normalized spacial score (nSPS) is 12.7. The molecule has 0 radical (unpaired) electrons. The van der Waals surface area contributed by atoms with E-state index in [4.69, 9.17) is 4.74 Å². The molecule has 3 N–H and O–H groups in total. The van der Waals surface area contributed by atoms with E-state index in [0.717, 1.165) is 57.8 Å². The van der Waals surface area contributed by atoms with Crippen molar-refractivity contribution in [3.63, 3.8) is 0 Å². The smallest absolute Gasteiger partial charge is 0.305 e. The van der Waals surface area contributed by atoms with E-state index in [1.165, 1.54) is 199 Å². The van der Waals surface area contributed by atoms with Gasteiger partial charge in [-0.1, -0.05) is 244 Å². The summed E-state index contributed by atoms with van der Waals surface area (Å²) in [7, 11) is 0. The number of unbranched alkanes of at least 4 members (excludes halogenated alkanes) is 36. The lowest BCUT2D eigenvalue weighted by atomic mass is 10.0. The van der Waals surface area contributed by atoms with Gasteiger partial charge in [-0.05, 0) is 44.9 Å². The lowest BCUT2D eigenvalue weighted by molar-refractivity contribution is -0.143. The van der Waals surface area contributed by atoms with Crippen LogP contribution in [0.15, 0.2) is 12.2 Å². The summed E-state index contributed by atoms with van der Waals surface area (Å²) in [6.07, 6.45) is 56.1. The summed E-state index contributed by atoms with van der Waals surface area (Å²) in [4.78, 5) is 24.4. The minimum atomic E-state index is -0.674. The van der Waals surface area contributed by atoms with Crippen LogP contribution < -0.4 is 5.32 Å². The second-order valence-corrected chi connectivity index (χ2v) is 18.2. The SMILES string of the molecule is CCCC/C=C\CCCCCCCC(=O)OCCCCCCCCCCCCCCC(=O)NC(CO)C(O)CCCCCCCCCCCCCCCCCCCCC. The number of aliphatic hydroxyl groups is 2. The number of aliphatic hydroxyl groups excluding tert-OH is 2. The highest BCUT2D eigenvalue weighted by Crippen LogP contribution is 2.17. The fraction of sp³-hybridized carbons (Fsp3) is 0.925. The Bertz CT molecular complexity index is 878. The lowest BCUT2D eigenvalue weighted by Gasteiger charge is -2.22. The molecule has 2 unspecified atom stereocenters. The standard InChI is InChI=1S/C53H103NO5/c1-3-5-7-9-11-13-15-16-17-18-19-20-21-22-26-29-33-37-41-45-51(56)50(49-55)54-52(57)46-42-38-34-30-27-23-24-28-32-36-40-44-48-59-53(58)47-43-39-35-31-25-14-12-10-8-6-4-2/h10,12,50-51,55-56H,3-9,11,13-49H2,1-2H3,(H,54,57)/b12-10-. The van der Waals surface area contributed by atoms with Crippen molar-refractivity contribution in [2.24, 2.45) is 0 Å². The first-order valence-corrected chi connectivity index (χ1v) is 26.4. The number of hydrogen-bond acceptors (Lipinski definition) is 5. The Morgan fingerprint density at radius 3 is 1.25 bits per heavy atom. The summed E-state index contributed by atoms with van der Waals surface area (Å²) >= 11 is 0. The molecule has 59 heavy (non-hydrogen) atoms. The van der Waals surface area contributed by atoms with Crippen LogP contribution in [0.25, 0.3) is 0 Å². The molecule has 0 saturated carbocycles. The van der Waals surface area contributed by atoms with E-state index in [1.807, 2.05) is 0 Å². The van der Waals surface area contributed by atoms with Gasteiger partial charge in [0.15, 0.2) is 0 Å². The van der Waals surface area contributed by atoms with Gasteiger partial charge in [0.05, 0.1) is 25.4 Å². The van der Waals surface area contributed by atoms with Crippen molar-refractivity contribution in [1.82, 2.24) is 5.32 Å². The van der Waals surface area contributed by atoms with Crippen LogP contribution in [0.4, 0.5) is 0 Å². The number of nitrogens with one attached hydrogen (secondary N) is 1. The molecule has 0 rings (SSSR count). The van der Waals surface area contributed by atoms with Crippen LogP contribution in [0.2, 0.25) is 0 Å². The molecule has 1 amide bonds. The Labute approximate surface area is 368 Å². The number of rotatable bonds is 49. The molecule has 0 aliphatic heterocycles. The molecule has 350 valence electrons. The Balaban J connectivity index is 3.47. The summed E-state index contributed by atoms with van der Waals surface area (Å²) in [5.41, 5.74) is 0. The predicted molar refractivity (Wildman–Crippen MR) is 255 cm³/mol. The Morgan fingerprint density at radius 1 is 0.458 bits per heavy atom. The minimum Gasteiger partial charge on any atom is -0.466 e. The molecular formula is C53H103NO5. The number of hydrogen-bond donors (Lipinski definition) is 3. The topological polar surface area (TPSA) is 95.9 Å². The monoisotopic (exact) mass is 834 g/mol. The summed E-state index contributed by atoms with van der Waals surface area (Å²) in [6, 6.07) is -0.553. The molecule has 6 heteroatoms. The highest BCUT2D eigenvalue weighted by molar-refractivity contribution is 5.76. The Hall–Kier alpha value is -1.40. The van der Waals surface area contributed by atoms with E-state index < -0.39 is 12.1 Å². The molecule has 0 aromatic rings. The molecule has 0 spiro atoms. The fourth-order valence-electron chi connectivity index (χ4n) is 8.21. The number of carbonyl (C=O) groups excluding carboxylic acids is 2. The summed E-state index contributed by atoms with van der Waals surface area (Å²) in [5.74, 6) is -0.0684. The van der Waals surface area contributed by atoms with E-state index >= 15 is 0 Å². The van der Waals surface area contributed by atoms with Gasteiger partial charge >= 0.3 is 5.97 Å². The molecule has 0 aliphatic rings. The van der Waals surface area contributed by atoms with Crippen molar-refractivity contribution in [2.45, 2.75) is 302 Å². The van der Waals surface area contributed by atoms with Crippen molar-refractivity contribution < 1.29 is 24.5 Å². The number of carbonyl (C=O) groups is 2. The largest absolute Gasteiger partial charge is 0.466 e. The Morgan fingerprint density at radius 2 is 0.814 bits per heavy atom. The summed E-state index contributed by atoms with van der Waals surface area (Å²) < 4.78 is 5.44. The van der Waals surface area contributed by atoms with Crippen molar-refractivity contribution in [1.29, 1.82) is 0 Å². The minimum absolute atomic E-state index is 0.0197. The van der Waals surface area contributed by atoms with Crippen LogP contribution in [0, 0.1) is 0 Å². The average Bonchev–Trinajstić information content (AvgIpc) is 3.24. The quantitative estimate of drug-likeness (QED) is 0.0322. The van der Waals surface area contributed by atoms with Crippen LogP contribution >= 0.6 is 0 Å². The second-order valence-electron chi connectivity index (χ2n) is 18.2. The zero-order valence-electron chi connectivity index (χ0n) is 39.7. The highest BCUT2D eigenvalue weighted by atomic mass is 16.5. The van der Waals surface area contributed by atoms with Gasteiger partial charge in [-0.3, -0.25) is 9.59 Å². The first kappa shape index (κ1) is 57.6. The van der Waals surface area contributed by atoms with E-state index in [9.17, 15) is 19.8 Å². The number of ether oxygens (including phenoxy) is 1. The molecule has 0 heterocycles.